The van der Waals surface area contributed by atoms with Crippen LogP contribution in [0.1, 0.15) is 24.3 Å². The number of piperidine rings is 1. The van der Waals surface area contributed by atoms with E-state index in [1.807, 2.05) is 18.2 Å². The van der Waals surface area contributed by atoms with Crippen LogP contribution in [-0.2, 0) is 0 Å². The van der Waals surface area contributed by atoms with Gasteiger partial charge in [-0.25, -0.2) is 0 Å². The van der Waals surface area contributed by atoms with Crippen LogP contribution in [0.25, 0.3) is 11.1 Å². The molecule has 2 heteroatoms. The van der Waals surface area contributed by atoms with E-state index in [1.54, 1.807) is 0 Å². The maximum Gasteiger partial charge on any atom is 0.0320 e. The number of hydrogen-bond acceptors (Lipinski definition) is 2. The summed E-state index contributed by atoms with van der Waals surface area (Å²) in [6, 6.07) is 17.0. The van der Waals surface area contributed by atoms with Crippen molar-refractivity contribution in [3.8, 4) is 11.1 Å². The van der Waals surface area contributed by atoms with Gasteiger partial charge in [0.25, 0.3) is 0 Å². The van der Waals surface area contributed by atoms with Crippen molar-refractivity contribution < 1.29 is 0 Å². The van der Waals surface area contributed by atoms with Gasteiger partial charge in [-0.15, -0.1) is 0 Å². The largest absolute Gasteiger partial charge is 0.399 e. The highest BCUT2D eigenvalue weighted by atomic mass is 14.9. The molecule has 1 atom stereocenters. The number of rotatable bonds is 2. The van der Waals surface area contributed by atoms with Gasteiger partial charge < -0.3 is 11.1 Å². The molecule has 2 aromatic carbocycles. The number of hydrogen-bond donors (Lipinski definition) is 2. The molecule has 0 amide bonds. The first-order chi connectivity index (χ1) is 9.33. The standard InChI is InChI=1S/C17H20N2/c18-17-8-2-6-15(11-17)13-4-1-5-14(10-13)16-7-3-9-19-12-16/h1-2,4-6,8,10-11,16,19H,3,7,9,12,18H2. The molecule has 1 heterocycles. The average molecular weight is 252 g/mol. The molecular weight excluding hydrogens is 232 g/mol. The molecule has 1 aliphatic rings. The van der Waals surface area contributed by atoms with Crippen LogP contribution < -0.4 is 11.1 Å². The highest BCUT2D eigenvalue weighted by Crippen LogP contribution is 2.28. The summed E-state index contributed by atoms with van der Waals surface area (Å²) < 4.78 is 0. The lowest BCUT2D eigenvalue weighted by Crippen LogP contribution is -2.28. The summed E-state index contributed by atoms with van der Waals surface area (Å²) in [7, 11) is 0. The third kappa shape index (κ3) is 2.79. The number of nitrogens with two attached hydrogens (primary N) is 1. The van der Waals surface area contributed by atoms with Crippen molar-refractivity contribution in [2.24, 2.45) is 0 Å². The van der Waals surface area contributed by atoms with Crippen LogP contribution >= 0.6 is 0 Å². The Morgan fingerprint density at radius 3 is 2.53 bits per heavy atom. The van der Waals surface area contributed by atoms with Gasteiger partial charge >= 0.3 is 0 Å². The van der Waals surface area contributed by atoms with Crippen molar-refractivity contribution in [2.45, 2.75) is 18.8 Å². The molecule has 1 unspecified atom stereocenters. The van der Waals surface area contributed by atoms with Crippen molar-refractivity contribution in [3.05, 3.63) is 54.1 Å². The van der Waals surface area contributed by atoms with Crippen molar-refractivity contribution in [1.82, 2.24) is 5.32 Å². The number of benzene rings is 2. The summed E-state index contributed by atoms with van der Waals surface area (Å²) in [6.45, 7) is 2.26. The molecule has 0 radical (unpaired) electrons. The van der Waals surface area contributed by atoms with Crippen LogP contribution in [0.15, 0.2) is 48.5 Å². The molecule has 0 aliphatic carbocycles. The first kappa shape index (κ1) is 12.2. The minimum atomic E-state index is 0.648. The molecule has 98 valence electrons. The Hall–Kier alpha value is -1.80. The van der Waals surface area contributed by atoms with Gasteiger partial charge in [0, 0.05) is 12.2 Å². The van der Waals surface area contributed by atoms with Gasteiger partial charge in [-0.3, -0.25) is 0 Å². The molecule has 0 spiro atoms. The van der Waals surface area contributed by atoms with Crippen molar-refractivity contribution in [2.75, 3.05) is 18.8 Å². The van der Waals surface area contributed by atoms with Crippen molar-refractivity contribution >= 4 is 5.69 Å². The highest BCUT2D eigenvalue weighted by molar-refractivity contribution is 5.68. The van der Waals surface area contributed by atoms with Gasteiger partial charge in [0.15, 0.2) is 0 Å². The van der Waals surface area contributed by atoms with Crippen LogP contribution in [-0.4, -0.2) is 13.1 Å². The molecule has 2 nitrogen and oxygen atoms in total. The second kappa shape index (κ2) is 5.45. The molecule has 0 bridgehead atoms. The SMILES string of the molecule is Nc1cccc(-c2cccc(C3CCCNC3)c2)c1. The van der Waals surface area contributed by atoms with E-state index in [4.69, 9.17) is 5.73 Å². The molecular formula is C17H20N2. The lowest BCUT2D eigenvalue weighted by molar-refractivity contribution is 0.462. The van der Waals surface area contributed by atoms with Crippen molar-refractivity contribution in [1.29, 1.82) is 0 Å². The smallest absolute Gasteiger partial charge is 0.0320 e. The van der Waals surface area contributed by atoms with E-state index in [2.05, 4.69) is 35.6 Å². The van der Waals surface area contributed by atoms with Gasteiger partial charge in [-0.2, -0.15) is 0 Å². The van der Waals surface area contributed by atoms with E-state index in [0.29, 0.717) is 5.92 Å². The van der Waals surface area contributed by atoms with Crippen LogP contribution in [0, 0.1) is 0 Å². The van der Waals surface area contributed by atoms with Gasteiger partial charge in [-0.1, -0.05) is 36.4 Å². The van der Waals surface area contributed by atoms with Gasteiger partial charge in [0.05, 0.1) is 0 Å². The maximum absolute atomic E-state index is 5.87. The predicted molar refractivity (Wildman–Crippen MR) is 81.1 cm³/mol. The van der Waals surface area contributed by atoms with E-state index in [-0.39, 0.29) is 0 Å². The van der Waals surface area contributed by atoms with Gasteiger partial charge in [0.1, 0.15) is 0 Å². The van der Waals surface area contributed by atoms with Gasteiger partial charge in [0.2, 0.25) is 0 Å². The monoisotopic (exact) mass is 252 g/mol. The lowest BCUT2D eigenvalue weighted by atomic mass is 9.89. The van der Waals surface area contributed by atoms with Crippen LogP contribution in [0.2, 0.25) is 0 Å². The first-order valence-electron chi connectivity index (χ1n) is 6.99. The molecule has 3 rings (SSSR count). The Balaban J connectivity index is 1.91. The summed E-state index contributed by atoms with van der Waals surface area (Å²) in [5, 5.41) is 3.48. The van der Waals surface area contributed by atoms with E-state index in [1.165, 1.54) is 29.5 Å². The zero-order valence-corrected chi connectivity index (χ0v) is 11.1. The number of anilines is 1. The fraction of sp³-hybridized carbons (Fsp3) is 0.294. The molecule has 2 aromatic rings. The van der Waals surface area contributed by atoms with E-state index in [9.17, 15) is 0 Å². The minimum Gasteiger partial charge on any atom is -0.399 e. The Bertz CT molecular complexity index is 557. The Morgan fingerprint density at radius 1 is 1.00 bits per heavy atom. The molecule has 0 saturated carbocycles. The normalized spacial score (nSPS) is 19.3. The van der Waals surface area contributed by atoms with Gasteiger partial charge in [-0.05, 0) is 54.1 Å². The van der Waals surface area contributed by atoms with E-state index >= 15 is 0 Å². The fourth-order valence-electron chi connectivity index (χ4n) is 2.83. The summed E-state index contributed by atoms with van der Waals surface area (Å²) in [5.74, 6) is 0.648. The summed E-state index contributed by atoms with van der Waals surface area (Å²) in [6.07, 6.45) is 2.56. The molecule has 1 fully saturated rings. The first-order valence-corrected chi connectivity index (χ1v) is 6.99. The van der Waals surface area contributed by atoms with Crippen LogP contribution in [0.4, 0.5) is 5.69 Å². The second-order valence-corrected chi connectivity index (χ2v) is 5.29. The predicted octanol–water partition coefficient (Wildman–Crippen LogP) is 3.40. The average Bonchev–Trinajstić information content (AvgIpc) is 2.48. The molecule has 19 heavy (non-hydrogen) atoms. The Kier molecular flexibility index (Phi) is 3.51. The van der Waals surface area contributed by atoms with E-state index < -0.39 is 0 Å². The van der Waals surface area contributed by atoms with Crippen LogP contribution in [0.5, 0.6) is 0 Å². The fourth-order valence-corrected chi connectivity index (χ4v) is 2.83. The molecule has 3 N–H and O–H groups in total. The Labute approximate surface area is 114 Å². The third-order valence-corrected chi connectivity index (χ3v) is 3.87. The number of nitrogen functional groups attached to an aromatic ring is 1. The van der Waals surface area contributed by atoms with Crippen LogP contribution in [0.3, 0.4) is 0 Å². The summed E-state index contributed by atoms with van der Waals surface area (Å²) in [5.41, 5.74) is 10.6. The third-order valence-electron chi connectivity index (χ3n) is 3.87. The van der Waals surface area contributed by atoms with Crippen molar-refractivity contribution in [3.63, 3.8) is 0 Å². The summed E-state index contributed by atoms with van der Waals surface area (Å²) >= 11 is 0. The molecule has 1 saturated heterocycles. The zero-order chi connectivity index (χ0) is 13.1. The van der Waals surface area contributed by atoms with E-state index in [0.717, 1.165) is 18.8 Å². The topological polar surface area (TPSA) is 38.0 Å². The Morgan fingerprint density at radius 2 is 1.79 bits per heavy atom. The zero-order valence-electron chi connectivity index (χ0n) is 11.1. The quantitative estimate of drug-likeness (QED) is 0.804. The number of nitrogens with one attached hydrogen (secondary N) is 1. The lowest BCUT2D eigenvalue weighted by Gasteiger charge is -2.23. The molecule has 0 aromatic heterocycles. The summed E-state index contributed by atoms with van der Waals surface area (Å²) in [4.78, 5) is 0. The minimum absolute atomic E-state index is 0.648. The maximum atomic E-state index is 5.87. The second-order valence-electron chi connectivity index (χ2n) is 5.29. The molecule has 1 aliphatic heterocycles. The highest BCUT2D eigenvalue weighted by Gasteiger charge is 2.15.